The van der Waals surface area contributed by atoms with Gasteiger partial charge < -0.3 is 5.11 Å². The molecular weight excluding hydrogens is 332 g/mol. The molecule has 0 radical (unpaired) electrons. The van der Waals surface area contributed by atoms with Gasteiger partial charge in [0.15, 0.2) is 0 Å². The van der Waals surface area contributed by atoms with Gasteiger partial charge in [0.05, 0.1) is 4.08 Å². The molecule has 4 atom stereocenters. The van der Waals surface area contributed by atoms with E-state index in [-0.39, 0.29) is 0 Å². The lowest BCUT2D eigenvalue weighted by Gasteiger charge is -2.53. The normalized spacial score (nSPS) is 34.1. The van der Waals surface area contributed by atoms with Crippen LogP contribution in [0.15, 0.2) is 18.2 Å². The Morgan fingerprint density at radius 1 is 1.25 bits per heavy atom. The number of thioether (sulfide) groups is 2. The van der Waals surface area contributed by atoms with Crippen LogP contribution in [0.4, 0.5) is 0 Å². The molecular formula is C21H30OS2. The van der Waals surface area contributed by atoms with Crippen molar-refractivity contribution < 1.29 is 5.11 Å². The highest BCUT2D eigenvalue weighted by atomic mass is 32.2. The van der Waals surface area contributed by atoms with E-state index >= 15 is 0 Å². The summed E-state index contributed by atoms with van der Waals surface area (Å²) in [5.74, 6) is 6.38. The van der Waals surface area contributed by atoms with Gasteiger partial charge in [0.25, 0.3) is 0 Å². The highest BCUT2D eigenvalue weighted by molar-refractivity contribution is 8.21. The van der Waals surface area contributed by atoms with Crippen molar-refractivity contribution in [2.75, 3.05) is 11.5 Å². The first-order valence-corrected chi connectivity index (χ1v) is 11.7. The third-order valence-electron chi connectivity index (χ3n) is 6.85. The van der Waals surface area contributed by atoms with E-state index in [1.807, 2.05) is 12.1 Å². The molecule has 0 aromatic heterocycles. The summed E-state index contributed by atoms with van der Waals surface area (Å²) in [6.45, 7) is 4.90. The van der Waals surface area contributed by atoms with Crippen molar-refractivity contribution in [2.24, 2.45) is 17.8 Å². The Labute approximate surface area is 155 Å². The molecule has 4 rings (SSSR count). The van der Waals surface area contributed by atoms with Crippen LogP contribution in [0.25, 0.3) is 0 Å². The van der Waals surface area contributed by atoms with E-state index in [0.29, 0.717) is 15.7 Å². The summed E-state index contributed by atoms with van der Waals surface area (Å²) in [7, 11) is 0. The Morgan fingerprint density at radius 3 is 2.79 bits per heavy atom. The quantitative estimate of drug-likeness (QED) is 0.705. The monoisotopic (exact) mass is 362 g/mol. The molecule has 24 heavy (non-hydrogen) atoms. The first kappa shape index (κ1) is 17.1. The maximum atomic E-state index is 9.89. The number of aromatic hydroxyl groups is 1. The van der Waals surface area contributed by atoms with Crippen LogP contribution in [0.1, 0.15) is 63.0 Å². The van der Waals surface area contributed by atoms with Gasteiger partial charge in [-0.15, -0.1) is 23.5 Å². The van der Waals surface area contributed by atoms with E-state index in [2.05, 4.69) is 43.4 Å². The van der Waals surface area contributed by atoms with Gasteiger partial charge in [0.2, 0.25) is 0 Å². The number of benzene rings is 1. The van der Waals surface area contributed by atoms with Crippen LogP contribution in [0.2, 0.25) is 0 Å². The van der Waals surface area contributed by atoms with Gasteiger partial charge in [0.1, 0.15) is 5.75 Å². The average Bonchev–Trinajstić information content (AvgIpc) is 3.04. The summed E-state index contributed by atoms with van der Waals surface area (Å²) >= 11 is 4.52. The van der Waals surface area contributed by atoms with Gasteiger partial charge in [-0.25, -0.2) is 0 Å². The fourth-order valence-corrected chi connectivity index (χ4v) is 9.30. The number of rotatable bonds is 3. The summed E-state index contributed by atoms with van der Waals surface area (Å²) in [5.41, 5.74) is 2.98. The van der Waals surface area contributed by atoms with Crippen LogP contribution < -0.4 is 0 Å². The van der Waals surface area contributed by atoms with Gasteiger partial charge in [-0.05, 0) is 72.6 Å². The van der Waals surface area contributed by atoms with E-state index in [0.717, 1.165) is 24.2 Å². The SMILES string of the molecule is CCCC[C@@H]1[C@@H]2CCc3cc(O)ccc3[C@H]2CC2(SCCS2)[C@H]1C. The van der Waals surface area contributed by atoms with Gasteiger partial charge in [0, 0.05) is 11.5 Å². The molecule has 1 aromatic rings. The van der Waals surface area contributed by atoms with Gasteiger partial charge in [-0.2, -0.15) is 0 Å². The van der Waals surface area contributed by atoms with Crippen LogP contribution in [-0.2, 0) is 6.42 Å². The number of hydrogen-bond donors (Lipinski definition) is 1. The van der Waals surface area contributed by atoms with E-state index in [1.165, 1.54) is 49.2 Å². The minimum Gasteiger partial charge on any atom is -0.508 e. The van der Waals surface area contributed by atoms with E-state index in [9.17, 15) is 5.11 Å². The molecule has 2 fully saturated rings. The Morgan fingerprint density at radius 2 is 2.04 bits per heavy atom. The van der Waals surface area contributed by atoms with Crippen LogP contribution >= 0.6 is 23.5 Å². The van der Waals surface area contributed by atoms with Gasteiger partial charge >= 0.3 is 0 Å². The van der Waals surface area contributed by atoms with Crippen LogP contribution in [0.3, 0.4) is 0 Å². The minimum atomic E-state index is 0.443. The fraction of sp³-hybridized carbons (Fsp3) is 0.714. The molecule has 0 bridgehead atoms. The van der Waals surface area contributed by atoms with Crippen molar-refractivity contribution in [1.82, 2.24) is 0 Å². The number of fused-ring (bicyclic) bond motifs is 3. The zero-order valence-corrected chi connectivity index (χ0v) is 16.6. The van der Waals surface area contributed by atoms with Crippen molar-refractivity contribution >= 4 is 23.5 Å². The Kier molecular flexibility index (Phi) is 4.85. The second-order valence-corrected chi connectivity index (χ2v) is 11.1. The fourth-order valence-electron chi connectivity index (χ4n) is 5.64. The third-order valence-corrected chi connectivity index (χ3v) is 10.7. The van der Waals surface area contributed by atoms with E-state index in [4.69, 9.17) is 0 Å². The summed E-state index contributed by atoms with van der Waals surface area (Å²) < 4.78 is 0.450. The van der Waals surface area contributed by atoms with Crippen molar-refractivity contribution in [1.29, 1.82) is 0 Å². The molecule has 1 heterocycles. The van der Waals surface area contributed by atoms with Gasteiger partial charge in [-0.1, -0.05) is 32.8 Å². The molecule has 1 aromatic carbocycles. The molecule has 1 N–H and O–H groups in total. The molecule has 1 saturated heterocycles. The first-order valence-electron chi connectivity index (χ1n) is 9.74. The zero-order chi connectivity index (χ0) is 16.7. The van der Waals surface area contributed by atoms with E-state index in [1.54, 1.807) is 5.56 Å². The highest BCUT2D eigenvalue weighted by Gasteiger charge is 2.54. The maximum Gasteiger partial charge on any atom is 0.115 e. The third kappa shape index (κ3) is 2.80. The first-order chi connectivity index (χ1) is 11.6. The Hall–Kier alpha value is -0.280. The van der Waals surface area contributed by atoms with Crippen LogP contribution in [-0.4, -0.2) is 20.7 Å². The Bertz CT molecular complexity index is 594. The highest BCUT2D eigenvalue weighted by Crippen LogP contribution is 2.64. The molecule has 2 aliphatic carbocycles. The average molecular weight is 363 g/mol. The Balaban J connectivity index is 1.71. The lowest BCUT2D eigenvalue weighted by atomic mass is 9.59. The van der Waals surface area contributed by atoms with Crippen molar-refractivity contribution in [3.05, 3.63) is 29.3 Å². The van der Waals surface area contributed by atoms with Crippen molar-refractivity contribution in [3.63, 3.8) is 0 Å². The van der Waals surface area contributed by atoms with Crippen molar-refractivity contribution in [2.45, 2.75) is 62.4 Å². The lowest BCUT2D eigenvalue weighted by Crippen LogP contribution is -2.46. The number of unbranched alkanes of at least 4 members (excludes halogenated alkanes) is 1. The summed E-state index contributed by atoms with van der Waals surface area (Å²) in [4.78, 5) is 0. The predicted octanol–water partition coefficient (Wildman–Crippen LogP) is 6.06. The molecule has 1 saturated carbocycles. The molecule has 3 heteroatoms. The van der Waals surface area contributed by atoms with Crippen molar-refractivity contribution in [3.8, 4) is 5.75 Å². The summed E-state index contributed by atoms with van der Waals surface area (Å²) in [6, 6.07) is 6.19. The molecule has 3 aliphatic rings. The number of aryl methyl sites for hydroxylation is 1. The maximum absolute atomic E-state index is 9.89. The molecule has 1 nitrogen and oxygen atoms in total. The standard InChI is InChI=1S/C21H30OS2/c1-3-4-5-17-14(2)21(23-10-11-24-21)13-20-18-9-7-16(22)12-15(18)6-8-19(17)20/h7,9,12,14,17,19-20,22H,3-6,8,10-11,13H2,1-2H3/t14-,17-,19-,20+/m0/s1. The molecule has 0 amide bonds. The van der Waals surface area contributed by atoms with Gasteiger partial charge in [-0.3, -0.25) is 0 Å². The minimum absolute atomic E-state index is 0.443. The lowest BCUT2D eigenvalue weighted by molar-refractivity contribution is 0.108. The molecule has 132 valence electrons. The number of phenols is 1. The topological polar surface area (TPSA) is 20.2 Å². The summed E-state index contributed by atoms with van der Waals surface area (Å²) in [5, 5.41) is 9.89. The number of phenolic OH excluding ortho intramolecular Hbond substituents is 1. The number of hydrogen-bond acceptors (Lipinski definition) is 3. The van der Waals surface area contributed by atoms with Crippen LogP contribution in [0, 0.1) is 17.8 Å². The molecule has 1 spiro atoms. The smallest absolute Gasteiger partial charge is 0.115 e. The second kappa shape index (κ2) is 6.79. The largest absolute Gasteiger partial charge is 0.508 e. The van der Waals surface area contributed by atoms with E-state index < -0.39 is 0 Å². The predicted molar refractivity (Wildman–Crippen MR) is 107 cm³/mol. The zero-order valence-electron chi connectivity index (χ0n) is 15.0. The summed E-state index contributed by atoms with van der Waals surface area (Å²) in [6.07, 6.45) is 7.94. The molecule has 1 aliphatic heterocycles. The van der Waals surface area contributed by atoms with Crippen LogP contribution in [0.5, 0.6) is 5.75 Å². The second-order valence-electron chi connectivity index (χ2n) is 8.00. The molecule has 0 unspecified atom stereocenters.